The zero-order valence-corrected chi connectivity index (χ0v) is 7.42. The van der Waals surface area contributed by atoms with Crippen LogP contribution in [0.25, 0.3) is 0 Å². The Labute approximate surface area is 77.3 Å². The molecule has 1 fully saturated rings. The number of H-pyrrole nitrogens is 1. The predicted octanol–water partition coefficient (Wildman–Crippen LogP) is 1.78. The molecule has 0 saturated carbocycles. The van der Waals surface area contributed by atoms with E-state index in [1.165, 1.54) is 5.69 Å². The van der Waals surface area contributed by atoms with Gasteiger partial charge in [-0.05, 0) is 18.9 Å². The first kappa shape index (κ1) is 8.33. The zero-order valence-electron chi connectivity index (χ0n) is 7.42. The minimum Gasteiger partial charge on any atom is -0.381 e. The smallest absolute Gasteiger partial charge is 0.101 e. The van der Waals surface area contributed by atoms with E-state index in [4.69, 9.17) is 10.00 Å². The number of nitrogens with zero attached hydrogens (tertiary/aromatic N) is 1. The maximum Gasteiger partial charge on any atom is 0.101 e. The zero-order chi connectivity index (χ0) is 9.10. The molecule has 1 aliphatic rings. The number of rotatable bonds is 1. The van der Waals surface area contributed by atoms with E-state index in [1.54, 1.807) is 6.20 Å². The molecule has 1 aromatic rings. The maximum absolute atomic E-state index is 8.65. The van der Waals surface area contributed by atoms with Gasteiger partial charge in [-0.2, -0.15) is 5.26 Å². The van der Waals surface area contributed by atoms with Gasteiger partial charge in [0.15, 0.2) is 0 Å². The van der Waals surface area contributed by atoms with Crippen LogP contribution >= 0.6 is 0 Å². The number of aromatic amines is 1. The summed E-state index contributed by atoms with van der Waals surface area (Å²) in [6.45, 7) is 1.68. The molecule has 0 aliphatic carbocycles. The van der Waals surface area contributed by atoms with E-state index in [1.807, 2.05) is 6.07 Å². The maximum atomic E-state index is 8.65. The quantitative estimate of drug-likeness (QED) is 0.709. The van der Waals surface area contributed by atoms with E-state index >= 15 is 0 Å². The van der Waals surface area contributed by atoms with Crippen molar-refractivity contribution in [3.63, 3.8) is 0 Å². The number of hydrogen-bond donors (Lipinski definition) is 1. The van der Waals surface area contributed by atoms with Crippen LogP contribution in [0.3, 0.4) is 0 Å². The molecule has 0 atom stereocenters. The summed E-state index contributed by atoms with van der Waals surface area (Å²) in [5.41, 5.74) is 1.90. The summed E-state index contributed by atoms with van der Waals surface area (Å²) >= 11 is 0. The molecule has 1 aromatic heterocycles. The molecule has 2 heterocycles. The van der Waals surface area contributed by atoms with E-state index in [9.17, 15) is 0 Å². The van der Waals surface area contributed by atoms with Crippen molar-refractivity contribution in [2.75, 3.05) is 13.2 Å². The van der Waals surface area contributed by atoms with E-state index in [0.29, 0.717) is 5.92 Å². The molecule has 0 radical (unpaired) electrons. The molecule has 0 aromatic carbocycles. The third-order valence-electron chi connectivity index (χ3n) is 2.50. The molecule has 3 heteroatoms. The summed E-state index contributed by atoms with van der Waals surface area (Å²) in [6.07, 6.45) is 3.89. The van der Waals surface area contributed by atoms with Crippen molar-refractivity contribution in [1.82, 2.24) is 4.98 Å². The Bertz CT molecular complexity index is 318. The van der Waals surface area contributed by atoms with Gasteiger partial charge in [0.1, 0.15) is 6.07 Å². The normalized spacial score (nSPS) is 18.4. The highest BCUT2D eigenvalue weighted by atomic mass is 16.5. The highest BCUT2D eigenvalue weighted by molar-refractivity contribution is 5.30. The molecule has 0 bridgehead atoms. The summed E-state index contributed by atoms with van der Waals surface area (Å²) in [7, 11) is 0. The van der Waals surface area contributed by atoms with Crippen molar-refractivity contribution < 1.29 is 4.74 Å². The minimum absolute atomic E-state index is 0.552. The summed E-state index contributed by atoms with van der Waals surface area (Å²) < 4.78 is 5.28. The average Bonchev–Trinajstić information content (AvgIpc) is 2.67. The van der Waals surface area contributed by atoms with Crippen molar-refractivity contribution in [2.24, 2.45) is 0 Å². The number of nitrogens with one attached hydrogen (secondary N) is 1. The summed E-state index contributed by atoms with van der Waals surface area (Å²) in [5, 5.41) is 8.65. The van der Waals surface area contributed by atoms with Crippen LogP contribution in [0, 0.1) is 11.3 Å². The van der Waals surface area contributed by atoms with E-state index in [0.717, 1.165) is 31.6 Å². The fourth-order valence-corrected chi connectivity index (χ4v) is 1.72. The van der Waals surface area contributed by atoms with Gasteiger partial charge in [0, 0.05) is 31.0 Å². The van der Waals surface area contributed by atoms with Crippen LogP contribution in [0.5, 0.6) is 0 Å². The summed E-state index contributed by atoms with van der Waals surface area (Å²) in [5.74, 6) is 0.552. The lowest BCUT2D eigenvalue weighted by Crippen LogP contribution is -2.14. The largest absolute Gasteiger partial charge is 0.381 e. The lowest BCUT2D eigenvalue weighted by atomic mass is 9.96. The van der Waals surface area contributed by atoms with E-state index < -0.39 is 0 Å². The molecule has 0 unspecified atom stereocenters. The Kier molecular flexibility index (Phi) is 2.33. The van der Waals surface area contributed by atoms with Gasteiger partial charge in [-0.1, -0.05) is 0 Å². The molecule has 3 nitrogen and oxygen atoms in total. The van der Waals surface area contributed by atoms with Gasteiger partial charge < -0.3 is 9.72 Å². The van der Waals surface area contributed by atoms with Crippen LogP contribution in [0.1, 0.15) is 30.0 Å². The Morgan fingerprint density at radius 3 is 2.85 bits per heavy atom. The molecule has 13 heavy (non-hydrogen) atoms. The average molecular weight is 176 g/mol. The van der Waals surface area contributed by atoms with Crippen LogP contribution in [-0.4, -0.2) is 18.2 Å². The second-order valence-electron chi connectivity index (χ2n) is 3.34. The van der Waals surface area contributed by atoms with Crippen LogP contribution < -0.4 is 0 Å². The molecule has 68 valence electrons. The van der Waals surface area contributed by atoms with Crippen molar-refractivity contribution in [2.45, 2.75) is 18.8 Å². The van der Waals surface area contributed by atoms with Gasteiger partial charge in [-0.3, -0.25) is 0 Å². The molecule has 0 amide bonds. The van der Waals surface area contributed by atoms with Crippen molar-refractivity contribution in [3.8, 4) is 6.07 Å². The SMILES string of the molecule is N#Cc1c[nH]c(C2CCOCC2)c1. The van der Waals surface area contributed by atoms with Crippen LogP contribution in [0.15, 0.2) is 12.3 Å². The summed E-state index contributed by atoms with van der Waals surface area (Å²) in [4.78, 5) is 3.15. The molecular formula is C10H12N2O. The van der Waals surface area contributed by atoms with Crippen LogP contribution in [0.4, 0.5) is 0 Å². The molecule has 1 saturated heterocycles. The van der Waals surface area contributed by atoms with E-state index in [-0.39, 0.29) is 0 Å². The van der Waals surface area contributed by atoms with Gasteiger partial charge in [0.25, 0.3) is 0 Å². The van der Waals surface area contributed by atoms with Crippen LogP contribution in [-0.2, 0) is 4.74 Å². The Morgan fingerprint density at radius 1 is 1.46 bits per heavy atom. The fraction of sp³-hybridized carbons (Fsp3) is 0.500. The summed E-state index contributed by atoms with van der Waals surface area (Å²) in [6, 6.07) is 4.06. The minimum atomic E-state index is 0.552. The van der Waals surface area contributed by atoms with Gasteiger partial charge >= 0.3 is 0 Å². The first-order chi connectivity index (χ1) is 6.40. The lowest BCUT2D eigenvalue weighted by molar-refractivity contribution is 0.0846. The first-order valence-corrected chi connectivity index (χ1v) is 4.56. The third kappa shape index (κ3) is 1.73. The number of nitriles is 1. The Hall–Kier alpha value is -1.27. The third-order valence-corrected chi connectivity index (χ3v) is 2.50. The van der Waals surface area contributed by atoms with Crippen molar-refractivity contribution in [1.29, 1.82) is 5.26 Å². The molecular weight excluding hydrogens is 164 g/mol. The van der Waals surface area contributed by atoms with Gasteiger partial charge in [-0.15, -0.1) is 0 Å². The Morgan fingerprint density at radius 2 is 2.23 bits per heavy atom. The second-order valence-corrected chi connectivity index (χ2v) is 3.34. The second kappa shape index (κ2) is 3.63. The van der Waals surface area contributed by atoms with Gasteiger partial charge in [0.05, 0.1) is 5.56 Å². The monoisotopic (exact) mass is 176 g/mol. The number of aromatic nitrogens is 1. The first-order valence-electron chi connectivity index (χ1n) is 4.56. The highest BCUT2D eigenvalue weighted by Gasteiger charge is 2.16. The molecule has 0 spiro atoms. The molecule has 1 N–H and O–H groups in total. The fourth-order valence-electron chi connectivity index (χ4n) is 1.72. The van der Waals surface area contributed by atoms with Crippen LogP contribution in [0.2, 0.25) is 0 Å². The molecule has 1 aliphatic heterocycles. The van der Waals surface area contributed by atoms with Crippen molar-refractivity contribution >= 4 is 0 Å². The standard InChI is InChI=1S/C10H12N2O/c11-6-8-5-10(12-7-8)9-1-3-13-4-2-9/h5,7,9,12H,1-4H2. The number of hydrogen-bond acceptors (Lipinski definition) is 2. The van der Waals surface area contributed by atoms with E-state index in [2.05, 4.69) is 11.1 Å². The predicted molar refractivity (Wildman–Crippen MR) is 48.3 cm³/mol. The molecule has 2 rings (SSSR count). The highest BCUT2D eigenvalue weighted by Crippen LogP contribution is 2.25. The number of ether oxygens (including phenoxy) is 1. The van der Waals surface area contributed by atoms with Gasteiger partial charge in [-0.25, -0.2) is 0 Å². The van der Waals surface area contributed by atoms with Crippen molar-refractivity contribution in [3.05, 3.63) is 23.5 Å². The topological polar surface area (TPSA) is 48.8 Å². The lowest BCUT2D eigenvalue weighted by Gasteiger charge is -2.20. The Balaban J connectivity index is 2.11. The van der Waals surface area contributed by atoms with Gasteiger partial charge in [0.2, 0.25) is 0 Å².